The number of ether oxygens (including phenoxy) is 1. The van der Waals surface area contributed by atoms with Gasteiger partial charge in [0.15, 0.2) is 0 Å². The number of rotatable bonds is 2. The van der Waals surface area contributed by atoms with Crippen LogP contribution in [0.5, 0.6) is 11.6 Å². The minimum Gasteiger partial charge on any atom is -0.465 e. The average Bonchev–Trinajstić information content (AvgIpc) is 3.12. The molecular formula is C16H14N4O3. The van der Waals surface area contributed by atoms with Gasteiger partial charge in [0.1, 0.15) is 12.1 Å². The smallest absolute Gasteiger partial charge is 0.408 e. The normalized spacial score (nSPS) is 16.6. The van der Waals surface area contributed by atoms with E-state index in [4.69, 9.17) is 4.74 Å². The van der Waals surface area contributed by atoms with Crippen LogP contribution in [0.2, 0.25) is 0 Å². The van der Waals surface area contributed by atoms with Crippen molar-refractivity contribution in [1.82, 2.24) is 19.9 Å². The van der Waals surface area contributed by atoms with E-state index in [2.05, 4.69) is 15.0 Å². The summed E-state index contributed by atoms with van der Waals surface area (Å²) in [6.45, 7) is 2.06. The van der Waals surface area contributed by atoms with Crippen LogP contribution in [-0.4, -0.2) is 31.1 Å². The molecule has 0 saturated heterocycles. The molecule has 1 atom stereocenters. The van der Waals surface area contributed by atoms with Gasteiger partial charge in [-0.05, 0) is 31.2 Å². The first-order valence-electron chi connectivity index (χ1n) is 7.22. The molecule has 7 heteroatoms. The van der Waals surface area contributed by atoms with Gasteiger partial charge >= 0.3 is 6.09 Å². The van der Waals surface area contributed by atoms with Crippen molar-refractivity contribution < 1.29 is 14.6 Å². The van der Waals surface area contributed by atoms with Crippen LogP contribution in [0.1, 0.15) is 24.2 Å². The molecule has 1 unspecified atom stereocenters. The fourth-order valence-corrected chi connectivity index (χ4v) is 2.93. The van der Waals surface area contributed by atoms with Gasteiger partial charge in [0.25, 0.3) is 0 Å². The number of aromatic amines is 1. The molecule has 2 N–H and O–H groups in total. The summed E-state index contributed by atoms with van der Waals surface area (Å²) in [5.74, 6) is 1.06. The molecule has 4 rings (SSSR count). The molecule has 1 amide bonds. The molecule has 0 spiro atoms. The molecule has 3 heterocycles. The van der Waals surface area contributed by atoms with Crippen LogP contribution in [0.3, 0.4) is 0 Å². The van der Waals surface area contributed by atoms with E-state index < -0.39 is 6.09 Å². The molecule has 1 aliphatic heterocycles. The monoisotopic (exact) mass is 310 g/mol. The van der Waals surface area contributed by atoms with Gasteiger partial charge in [0.05, 0.1) is 23.8 Å². The fourth-order valence-electron chi connectivity index (χ4n) is 2.93. The summed E-state index contributed by atoms with van der Waals surface area (Å²) >= 11 is 0. The predicted molar refractivity (Wildman–Crippen MR) is 82.4 cm³/mol. The highest BCUT2D eigenvalue weighted by Gasteiger charge is 2.35. The third-order valence-electron chi connectivity index (χ3n) is 4.12. The van der Waals surface area contributed by atoms with E-state index in [1.165, 1.54) is 11.2 Å². The van der Waals surface area contributed by atoms with E-state index in [1.54, 1.807) is 0 Å². The van der Waals surface area contributed by atoms with Gasteiger partial charge in [-0.2, -0.15) is 0 Å². The van der Waals surface area contributed by atoms with Gasteiger partial charge in [-0.1, -0.05) is 0 Å². The lowest BCUT2D eigenvalue weighted by Crippen LogP contribution is -2.26. The third-order valence-corrected chi connectivity index (χ3v) is 4.12. The number of amides is 1. The Bertz CT molecular complexity index is 905. The molecule has 0 fully saturated rings. The number of nitrogens with one attached hydrogen (secondary N) is 1. The molecule has 2 aromatic heterocycles. The lowest BCUT2D eigenvalue weighted by molar-refractivity contribution is 0.132. The molecule has 0 saturated carbocycles. The minimum atomic E-state index is -0.977. The van der Waals surface area contributed by atoms with Crippen molar-refractivity contribution in [3.63, 3.8) is 0 Å². The van der Waals surface area contributed by atoms with Crippen molar-refractivity contribution in [2.45, 2.75) is 19.5 Å². The second kappa shape index (κ2) is 4.98. The highest BCUT2D eigenvalue weighted by atomic mass is 16.5. The van der Waals surface area contributed by atoms with Crippen molar-refractivity contribution in [3.8, 4) is 11.6 Å². The van der Waals surface area contributed by atoms with Crippen molar-refractivity contribution >= 4 is 17.0 Å². The lowest BCUT2D eigenvalue weighted by Gasteiger charge is -2.18. The number of carboxylic acid groups (broad SMARTS) is 1. The summed E-state index contributed by atoms with van der Waals surface area (Å²) in [5.41, 5.74) is 2.44. The molecule has 116 valence electrons. The maximum atomic E-state index is 11.3. The van der Waals surface area contributed by atoms with E-state index in [9.17, 15) is 9.90 Å². The number of nitrogens with zero attached hydrogens (tertiary/aromatic N) is 3. The van der Waals surface area contributed by atoms with Gasteiger partial charge in [-0.3, -0.25) is 4.90 Å². The summed E-state index contributed by atoms with van der Waals surface area (Å²) in [6.07, 6.45) is 2.29. The first kappa shape index (κ1) is 13.6. The third kappa shape index (κ3) is 2.17. The Kier molecular flexibility index (Phi) is 2.94. The van der Waals surface area contributed by atoms with Crippen molar-refractivity contribution in [3.05, 3.63) is 48.0 Å². The number of fused-ring (bicyclic) bond motifs is 2. The first-order valence-corrected chi connectivity index (χ1v) is 7.22. The summed E-state index contributed by atoms with van der Waals surface area (Å²) in [4.78, 5) is 24.1. The van der Waals surface area contributed by atoms with Crippen LogP contribution in [0.25, 0.3) is 10.9 Å². The molecule has 0 bridgehead atoms. The predicted octanol–water partition coefficient (Wildman–Crippen LogP) is 3.30. The molecule has 3 aromatic rings. The van der Waals surface area contributed by atoms with E-state index in [-0.39, 0.29) is 12.6 Å². The SMILES string of the molecule is CC1c2c(ncnc2Oc2ccc3[nH]ccc3c2)CN1C(=O)O. The molecule has 7 nitrogen and oxygen atoms in total. The highest BCUT2D eigenvalue weighted by Crippen LogP contribution is 2.38. The summed E-state index contributed by atoms with van der Waals surface area (Å²) < 4.78 is 5.91. The lowest BCUT2D eigenvalue weighted by atomic mass is 10.1. The van der Waals surface area contributed by atoms with Crippen molar-refractivity contribution in [2.75, 3.05) is 0 Å². The van der Waals surface area contributed by atoms with Crippen LogP contribution < -0.4 is 4.74 Å². The van der Waals surface area contributed by atoms with Gasteiger partial charge in [0, 0.05) is 17.1 Å². The summed E-state index contributed by atoms with van der Waals surface area (Å²) in [6, 6.07) is 7.31. The zero-order chi connectivity index (χ0) is 16.0. The highest BCUT2D eigenvalue weighted by molar-refractivity contribution is 5.80. The second-order valence-electron chi connectivity index (χ2n) is 5.45. The van der Waals surface area contributed by atoms with Gasteiger partial charge in [-0.25, -0.2) is 14.8 Å². The Morgan fingerprint density at radius 1 is 1.39 bits per heavy atom. The second-order valence-corrected chi connectivity index (χ2v) is 5.45. The van der Waals surface area contributed by atoms with E-state index in [0.717, 1.165) is 16.5 Å². The summed E-state index contributed by atoms with van der Waals surface area (Å²) in [5, 5.41) is 10.3. The Balaban J connectivity index is 1.71. The van der Waals surface area contributed by atoms with Crippen LogP contribution in [0, 0.1) is 0 Å². The Morgan fingerprint density at radius 2 is 2.26 bits per heavy atom. The molecule has 0 aliphatic carbocycles. The maximum absolute atomic E-state index is 11.3. The Morgan fingerprint density at radius 3 is 3.09 bits per heavy atom. The van der Waals surface area contributed by atoms with Gasteiger partial charge < -0.3 is 14.8 Å². The largest absolute Gasteiger partial charge is 0.465 e. The van der Waals surface area contributed by atoms with E-state index in [1.807, 2.05) is 37.4 Å². The molecule has 1 aliphatic rings. The quantitative estimate of drug-likeness (QED) is 0.757. The van der Waals surface area contributed by atoms with Crippen molar-refractivity contribution in [1.29, 1.82) is 0 Å². The van der Waals surface area contributed by atoms with E-state index >= 15 is 0 Å². The number of hydrogen-bond donors (Lipinski definition) is 2. The zero-order valence-electron chi connectivity index (χ0n) is 12.4. The minimum absolute atomic E-state index is 0.252. The number of aromatic nitrogens is 3. The topological polar surface area (TPSA) is 91.3 Å². The van der Waals surface area contributed by atoms with Gasteiger partial charge in [-0.15, -0.1) is 0 Å². The average molecular weight is 310 g/mol. The number of carbonyl (C=O) groups is 1. The number of hydrogen-bond acceptors (Lipinski definition) is 4. The number of benzene rings is 1. The standard InChI is InChI=1S/C16H14N4O3/c1-9-14-13(7-20(9)16(21)22)18-8-19-15(14)23-11-2-3-12-10(6-11)4-5-17-12/h2-6,8-9,17H,7H2,1H3,(H,21,22). The van der Waals surface area contributed by atoms with E-state index in [0.29, 0.717) is 17.3 Å². The van der Waals surface area contributed by atoms with Crippen LogP contribution >= 0.6 is 0 Å². The molecule has 1 aromatic carbocycles. The van der Waals surface area contributed by atoms with Crippen LogP contribution in [0.15, 0.2) is 36.8 Å². The molecule has 0 radical (unpaired) electrons. The van der Waals surface area contributed by atoms with Gasteiger partial charge in [0.2, 0.25) is 5.88 Å². The molecule has 23 heavy (non-hydrogen) atoms. The first-order chi connectivity index (χ1) is 11.1. The molecular weight excluding hydrogens is 296 g/mol. The Hall–Kier alpha value is -3.09. The zero-order valence-corrected chi connectivity index (χ0v) is 12.4. The van der Waals surface area contributed by atoms with Crippen LogP contribution in [-0.2, 0) is 6.54 Å². The Labute approximate surface area is 131 Å². The van der Waals surface area contributed by atoms with Crippen molar-refractivity contribution in [2.24, 2.45) is 0 Å². The van der Waals surface area contributed by atoms with Crippen LogP contribution in [0.4, 0.5) is 4.79 Å². The summed E-state index contributed by atoms with van der Waals surface area (Å²) in [7, 11) is 0. The fraction of sp³-hybridized carbons (Fsp3) is 0.188. The number of H-pyrrole nitrogens is 1. The maximum Gasteiger partial charge on any atom is 0.408 e.